The van der Waals surface area contributed by atoms with Gasteiger partial charge in [0, 0.05) is 13.5 Å². The summed E-state index contributed by atoms with van der Waals surface area (Å²) in [6.45, 7) is 2.21. The van der Waals surface area contributed by atoms with Gasteiger partial charge in [-0.3, -0.25) is 0 Å². The molecule has 0 heterocycles. The van der Waals surface area contributed by atoms with Gasteiger partial charge in [0.25, 0.3) is 0 Å². The Morgan fingerprint density at radius 3 is 2.50 bits per heavy atom. The molecule has 0 bridgehead atoms. The molecule has 0 aromatic heterocycles. The lowest BCUT2D eigenvalue weighted by atomic mass is 10.1. The number of aliphatic hydroxyl groups is 1. The summed E-state index contributed by atoms with van der Waals surface area (Å²) in [6.07, 6.45) is -0.0262. The fourth-order valence-electron chi connectivity index (χ4n) is 1.47. The van der Waals surface area contributed by atoms with Gasteiger partial charge in [0.05, 0.1) is 12.3 Å². The zero-order chi connectivity index (χ0) is 13.4. The Bertz CT molecular complexity index is 375. The number of hydrogen-bond donors (Lipinski definition) is 2. The molecule has 1 aromatic rings. The minimum Gasteiger partial charge on any atom is -0.491 e. The zero-order valence-corrected chi connectivity index (χ0v) is 10.7. The maximum Gasteiger partial charge on any atom is 0.119 e. The van der Waals surface area contributed by atoms with Gasteiger partial charge in [0.2, 0.25) is 0 Å². The first-order chi connectivity index (χ1) is 8.65. The van der Waals surface area contributed by atoms with Crippen LogP contribution >= 0.6 is 0 Å². The van der Waals surface area contributed by atoms with Crippen LogP contribution in [0.3, 0.4) is 0 Å². The number of oxime groups is 1. The van der Waals surface area contributed by atoms with E-state index in [1.165, 1.54) is 7.11 Å². The Morgan fingerprint density at radius 2 is 1.94 bits per heavy atom. The van der Waals surface area contributed by atoms with E-state index in [1.54, 1.807) is 6.92 Å². The van der Waals surface area contributed by atoms with Crippen molar-refractivity contribution >= 4 is 5.71 Å². The topological polar surface area (TPSA) is 71.3 Å². The molecule has 0 spiro atoms. The number of ether oxygens (including phenoxy) is 2. The third-order valence-corrected chi connectivity index (χ3v) is 2.36. The lowest BCUT2D eigenvalue weighted by Crippen LogP contribution is -2.22. The minimum absolute atomic E-state index is 0.199. The highest BCUT2D eigenvalue weighted by molar-refractivity contribution is 5.83. The summed E-state index contributed by atoms with van der Waals surface area (Å²) >= 11 is 0. The molecule has 0 aliphatic carbocycles. The number of methoxy groups -OCH3 is 1. The number of hydrogen-bond acceptors (Lipinski definition) is 5. The molecule has 1 rings (SSSR count). The summed E-state index contributed by atoms with van der Waals surface area (Å²) in [5.41, 5.74) is 1.69. The highest BCUT2D eigenvalue weighted by Crippen LogP contribution is 2.13. The molecule has 0 fully saturated rings. The van der Waals surface area contributed by atoms with E-state index in [2.05, 4.69) is 5.16 Å². The van der Waals surface area contributed by atoms with Crippen LogP contribution in [0.25, 0.3) is 0 Å². The second-order valence-electron chi connectivity index (χ2n) is 4.08. The molecule has 0 amide bonds. The van der Waals surface area contributed by atoms with Crippen LogP contribution in [-0.2, 0) is 11.2 Å². The molecule has 0 saturated heterocycles. The van der Waals surface area contributed by atoms with Crippen LogP contribution in [0.2, 0.25) is 0 Å². The summed E-state index contributed by atoms with van der Waals surface area (Å²) in [6, 6.07) is 7.43. The Kier molecular flexibility index (Phi) is 6.18. The molecule has 0 saturated carbocycles. The zero-order valence-electron chi connectivity index (χ0n) is 10.7. The van der Waals surface area contributed by atoms with Crippen LogP contribution in [-0.4, -0.2) is 42.5 Å². The van der Waals surface area contributed by atoms with Crippen molar-refractivity contribution in [2.45, 2.75) is 19.4 Å². The molecule has 5 heteroatoms. The molecule has 18 heavy (non-hydrogen) atoms. The first-order valence-electron chi connectivity index (χ1n) is 5.72. The van der Waals surface area contributed by atoms with Gasteiger partial charge in [-0.15, -0.1) is 0 Å². The van der Waals surface area contributed by atoms with Gasteiger partial charge in [0.1, 0.15) is 18.5 Å². The summed E-state index contributed by atoms with van der Waals surface area (Å²) in [5.74, 6) is 0.687. The fraction of sp³-hybridized carbons (Fsp3) is 0.462. The molecule has 1 aromatic carbocycles. The smallest absolute Gasteiger partial charge is 0.119 e. The molecule has 5 nitrogen and oxygen atoms in total. The maximum absolute atomic E-state index is 9.42. The number of benzene rings is 1. The molecule has 0 aliphatic heterocycles. The van der Waals surface area contributed by atoms with Crippen molar-refractivity contribution in [3.63, 3.8) is 0 Å². The lowest BCUT2D eigenvalue weighted by molar-refractivity contribution is 0.0325. The Labute approximate surface area is 107 Å². The van der Waals surface area contributed by atoms with E-state index >= 15 is 0 Å². The fourth-order valence-corrected chi connectivity index (χ4v) is 1.47. The van der Waals surface area contributed by atoms with E-state index in [0.717, 1.165) is 5.56 Å². The second kappa shape index (κ2) is 7.68. The molecule has 1 atom stereocenters. The average molecular weight is 253 g/mol. The van der Waals surface area contributed by atoms with Crippen molar-refractivity contribution < 1.29 is 19.8 Å². The Hall–Kier alpha value is -1.59. The number of rotatable bonds is 7. The SMILES string of the molecule is COCC(O)COc1ccc(C/C(C)=N/O)cc1. The monoisotopic (exact) mass is 253 g/mol. The molecule has 100 valence electrons. The summed E-state index contributed by atoms with van der Waals surface area (Å²) in [5, 5.41) is 21.1. The molecular weight excluding hydrogens is 234 g/mol. The highest BCUT2D eigenvalue weighted by Gasteiger charge is 2.04. The Morgan fingerprint density at radius 1 is 1.28 bits per heavy atom. The van der Waals surface area contributed by atoms with Crippen molar-refractivity contribution in [2.75, 3.05) is 20.3 Å². The van der Waals surface area contributed by atoms with Crippen LogP contribution in [0.5, 0.6) is 5.75 Å². The van der Waals surface area contributed by atoms with E-state index in [9.17, 15) is 5.11 Å². The predicted octanol–water partition coefficient (Wildman–Crippen LogP) is 1.47. The van der Waals surface area contributed by atoms with Crippen molar-refractivity contribution in [3.05, 3.63) is 29.8 Å². The average Bonchev–Trinajstić information content (AvgIpc) is 2.38. The summed E-state index contributed by atoms with van der Waals surface area (Å²) < 4.78 is 10.2. The van der Waals surface area contributed by atoms with Gasteiger partial charge in [-0.05, 0) is 24.6 Å². The quantitative estimate of drug-likeness (QED) is 0.438. The van der Waals surface area contributed by atoms with Gasteiger partial charge in [-0.1, -0.05) is 17.3 Å². The van der Waals surface area contributed by atoms with E-state index in [-0.39, 0.29) is 13.2 Å². The van der Waals surface area contributed by atoms with E-state index in [4.69, 9.17) is 14.7 Å². The van der Waals surface area contributed by atoms with Gasteiger partial charge in [0.15, 0.2) is 0 Å². The molecule has 1 unspecified atom stereocenters. The molecule has 0 radical (unpaired) electrons. The van der Waals surface area contributed by atoms with E-state index < -0.39 is 6.10 Å². The van der Waals surface area contributed by atoms with Gasteiger partial charge in [-0.25, -0.2) is 0 Å². The van der Waals surface area contributed by atoms with Crippen molar-refractivity contribution in [2.24, 2.45) is 5.16 Å². The molecule has 2 N–H and O–H groups in total. The van der Waals surface area contributed by atoms with Crippen molar-refractivity contribution in [1.82, 2.24) is 0 Å². The van der Waals surface area contributed by atoms with Crippen molar-refractivity contribution in [1.29, 1.82) is 0 Å². The minimum atomic E-state index is -0.626. The van der Waals surface area contributed by atoms with Gasteiger partial charge in [-0.2, -0.15) is 0 Å². The molecular formula is C13H19NO4. The molecule has 0 aliphatic rings. The van der Waals surface area contributed by atoms with E-state index in [0.29, 0.717) is 17.9 Å². The van der Waals surface area contributed by atoms with Gasteiger partial charge < -0.3 is 19.8 Å². The van der Waals surface area contributed by atoms with E-state index in [1.807, 2.05) is 24.3 Å². The summed E-state index contributed by atoms with van der Waals surface area (Å²) in [7, 11) is 1.53. The highest BCUT2D eigenvalue weighted by atomic mass is 16.5. The maximum atomic E-state index is 9.42. The van der Waals surface area contributed by atoms with Crippen LogP contribution in [0.1, 0.15) is 12.5 Å². The van der Waals surface area contributed by atoms with Crippen LogP contribution in [0.15, 0.2) is 29.4 Å². The second-order valence-corrected chi connectivity index (χ2v) is 4.08. The van der Waals surface area contributed by atoms with Gasteiger partial charge >= 0.3 is 0 Å². The standard InChI is InChI=1S/C13H19NO4/c1-10(14-16)7-11-3-5-13(6-4-11)18-9-12(15)8-17-2/h3-6,12,15-16H,7-9H2,1-2H3/b14-10+. The third kappa shape index (κ3) is 5.16. The Balaban J connectivity index is 2.45. The first kappa shape index (κ1) is 14.5. The number of aliphatic hydroxyl groups excluding tert-OH is 1. The number of nitrogens with zero attached hydrogens (tertiary/aromatic N) is 1. The first-order valence-corrected chi connectivity index (χ1v) is 5.72. The van der Waals surface area contributed by atoms with Crippen LogP contribution < -0.4 is 4.74 Å². The normalized spacial score (nSPS) is 13.4. The van der Waals surface area contributed by atoms with Crippen LogP contribution in [0.4, 0.5) is 0 Å². The third-order valence-electron chi connectivity index (χ3n) is 2.36. The van der Waals surface area contributed by atoms with Crippen LogP contribution in [0, 0.1) is 0 Å². The predicted molar refractivity (Wildman–Crippen MR) is 68.4 cm³/mol. The van der Waals surface area contributed by atoms with Crippen molar-refractivity contribution in [3.8, 4) is 5.75 Å². The summed E-state index contributed by atoms with van der Waals surface area (Å²) in [4.78, 5) is 0. The lowest BCUT2D eigenvalue weighted by Gasteiger charge is -2.11. The largest absolute Gasteiger partial charge is 0.491 e.